The van der Waals surface area contributed by atoms with Crippen molar-refractivity contribution in [2.75, 3.05) is 49.5 Å². The van der Waals surface area contributed by atoms with Gasteiger partial charge in [0.15, 0.2) is 5.78 Å². The number of piperazine rings is 1. The van der Waals surface area contributed by atoms with Crippen LogP contribution >= 0.6 is 0 Å². The molecule has 158 valence electrons. The van der Waals surface area contributed by atoms with Crippen molar-refractivity contribution in [2.45, 2.75) is 25.7 Å². The molecule has 0 aliphatic carbocycles. The summed E-state index contributed by atoms with van der Waals surface area (Å²) in [6, 6.07) is 15.9. The first-order valence-electron chi connectivity index (χ1n) is 10.8. The topological polar surface area (TPSA) is 61.9 Å². The molecule has 0 aromatic heterocycles. The zero-order chi connectivity index (χ0) is 20.8. The number of Topliss-reactive ketones (excluding diaryl/α,β-unsaturated/α-hetero) is 1. The van der Waals surface area contributed by atoms with Crippen molar-refractivity contribution in [3.63, 3.8) is 0 Å². The predicted octanol–water partition coefficient (Wildman–Crippen LogP) is 3.58. The Kier molecular flexibility index (Phi) is 6.64. The first-order chi connectivity index (χ1) is 14.7. The number of ether oxygens (including phenoxy) is 1. The van der Waals surface area contributed by atoms with Gasteiger partial charge in [0.25, 0.3) is 0 Å². The van der Waals surface area contributed by atoms with Crippen LogP contribution in [0.2, 0.25) is 0 Å². The molecule has 6 nitrogen and oxygen atoms in total. The summed E-state index contributed by atoms with van der Waals surface area (Å²) in [4.78, 5) is 29.2. The number of anilines is 2. The number of nitrogens with one attached hydrogen (secondary N) is 1. The molecule has 0 radical (unpaired) electrons. The molecular formula is C24H29N3O3. The maximum atomic E-state index is 12.6. The van der Waals surface area contributed by atoms with Gasteiger partial charge in [0, 0.05) is 43.9 Å². The molecule has 0 spiro atoms. The van der Waals surface area contributed by atoms with Crippen LogP contribution in [-0.4, -0.2) is 55.9 Å². The minimum absolute atomic E-state index is 0.0780. The van der Waals surface area contributed by atoms with E-state index in [0.717, 1.165) is 45.6 Å². The zero-order valence-corrected chi connectivity index (χ0v) is 17.3. The van der Waals surface area contributed by atoms with Gasteiger partial charge in [0.05, 0.1) is 18.7 Å². The summed E-state index contributed by atoms with van der Waals surface area (Å²) in [5, 5.41) is 2.82. The van der Waals surface area contributed by atoms with Crippen molar-refractivity contribution in [3.8, 4) is 5.75 Å². The highest BCUT2D eigenvalue weighted by Gasteiger charge is 2.18. The van der Waals surface area contributed by atoms with E-state index < -0.39 is 0 Å². The van der Waals surface area contributed by atoms with Crippen LogP contribution in [0, 0.1) is 0 Å². The molecule has 0 bridgehead atoms. The summed E-state index contributed by atoms with van der Waals surface area (Å²) in [5.41, 5.74) is 2.53. The Hall–Kier alpha value is -2.86. The van der Waals surface area contributed by atoms with Gasteiger partial charge in [-0.3, -0.25) is 14.5 Å². The van der Waals surface area contributed by atoms with E-state index in [0.29, 0.717) is 36.4 Å². The maximum Gasteiger partial charge on any atom is 0.227 e. The Morgan fingerprint density at radius 2 is 1.80 bits per heavy atom. The first-order valence-corrected chi connectivity index (χ1v) is 10.8. The number of carbonyl (C=O) groups excluding carboxylic acids is 2. The van der Waals surface area contributed by atoms with Crippen LogP contribution in [-0.2, 0) is 4.79 Å². The number of hydrogen-bond donors (Lipinski definition) is 1. The summed E-state index contributed by atoms with van der Waals surface area (Å²) in [6.07, 6.45) is 2.74. The minimum atomic E-state index is -0.0780. The normalized spacial score (nSPS) is 16.9. The Labute approximate surface area is 177 Å². The molecule has 1 fully saturated rings. The fourth-order valence-electron chi connectivity index (χ4n) is 4.03. The molecule has 4 rings (SSSR count). The molecule has 6 heteroatoms. The molecule has 2 aromatic rings. The number of benzene rings is 2. The SMILES string of the molecule is O=C1CCOc2ccc(C(=O)CCCCN3CCN(c4ccccc4)CC3)cc2N1. The number of ketones is 1. The number of fused-ring (bicyclic) bond motifs is 1. The van der Waals surface area contributed by atoms with E-state index in [-0.39, 0.29) is 11.7 Å². The van der Waals surface area contributed by atoms with Gasteiger partial charge >= 0.3 is 0 Å². The molecule has 2 aliphatic heterocycles. The molecule has 1 saturated heterocycles. The van der Waals surface area contributed by atoms with Crippen LogP contribution < -0.4 is 15.0 Å². The molecule has 0 atom stereocenters. The van der Waals surface area contributed by atoms with Gasteiger partial charge in [-0.15, -0.1) is 0 Å². The third-order valence-corrected chi connectivity index (χ3v) is 5.78. The van der Waals surface area contributed by atoms with E-state index in [1.807, 2.05) is 0 Å². The van der Waals surface area contributed by atoms with Gasteiger partial charge in [-0.05, 0) is 49.7 Å². The average Bonchev–Trinajstić information content (AvgIpc) is 2.97. The Bertz CT molecular complexity index is 877. The van der Waals surface area contributed by atoms with E-state index >= 15 is 0 Å². The van der Waals surface area contributed by atoms with Gasteiger partial charge in [-0.25, -0.2) is 0 Å². The van der Waals surface area contributed by atoms with Gasteiger partial charge < -0.3 is 15.0 Å². The van der Waals surface area contributed by atoms with Crippen molar-refractivity contribution >= 4 is 23.1 Å². The number of nitrogens with zero attached hydrogens (tertiary/aromatic N) is 2. The summed E-state index contributed by atoms with van der Waals surface area (Å²) < 4.78 is 5.55. The van der Waals surface area contributed by atoms with Gasteiger partial charge in [-0.2, -0.15) is 0 Å². The van der Waals surface area contributed by atoms with Crippen LogP contribution in [0.4, 0.5) is 11.4 Å². The standard InChI is InChI=1S/C24H29N3O3/c28-22(19-9-10-23-21(18-19)25-24(29)11-17-30-23)8-4-5-12-26-13-15-27(16-14-26)20-6-2-1-3-7-20/h1-3,6-7,9-10,18H,4-5,8,11-17H2,(H,25,29). The van der Waals surface area contributed by atoms with Crippen molar-refractivity contribution in [1.29, 1.82) is 0 Å². The van der Waals surface area contributed by atoms with E-state index in [2.05, 4.69) is 45.4 Å². The number of carbonyl (C=O) groups is 2. The quantitative estimate of drug-likeness (QED) is 0.562. The Morgan fingerprint density at radius 1 is 1.00 bits per heavy atom. The second-order valence-corrected chi connectivity index (χ2v) is 7.90. The van der Waals surface area contributed by atoms with Crippen LogP contribution in [0.25, 0.3) is 0 Å². The van der Waals surface area contributed by atoms with E-state index in [1.165, 1.54) is 5.69 Å². The number of rotatable bonds is 7. The number of amides is 1. The molecule has 30 heavy (non-hydrogen) atoms. The van der Waals surface area contributed by atoms with Crippen molar-refractivity contribution in [3.05, 3.63) is 54.1 Å². The summed E-state index contributed by atoms with van der Waals surface area (Å²) in [5.74, 6) is 0.669. The summed E-state index contributed by atoms with van der Waals surface area (Å²) in [6.45, 7) is 5.62. The largest absolute Gasteiger partial charge is 0.491 e. The minimum Gasteiger partial charge on any atom is -0.491 e. The Balaban J connectivity index is 1.19. The van der Waals surface area contributed by atoms with E-state index in [1.54, 1.807) is 18.2 Å². The number of hydrogen-bond acceptors (Lipinski definition) is 5. The van der Waals surface area contributed by atoms with Crippen molar-refractivity contribution < 1.29 is 14.3 Å². The second-order valence-electron chi connectivity index (χ2n) is 7.90. The molecule has 2 aliphatic rings. The third-order valence-electron chi connectivity index (χ3n) is 5.78. The number of unbranched alkanes of at least 4 members (excludes halogenated alkanes) is 1. The third kappa shape index (κ3) is 5.19. The van der Waals surface area contributed by atoms with E-state index in [9.17, 15) is 9.59 Å². The Morgan fingerprint density at radius 3 is 2.60 bits per heavy atom. The smallest absolute Gasteiger partial charge is 0.227 e. The van der Waals surface area contributed by atoms with Gasteiger partial charge in [0.2, 0.25) is 5.91 Å². The molecule has 1 N–H and O–H groups in total. The molecule has 0 unspecified atom stereocenters. The van der Waals surface area contributed by atoms with E-state index in [4.69, 9.17) is 4.74 Å². The highest BCUT2D eigenvalue weighted by atomic mass is 16.5. The fourth-order valence-corrected chi connectivity index (χ4v) is 4.03. The van der Waals surface area contributed by atoms with Gasteiger partial charge in [0.1, 0.15) is 5.75 Å². The van der Waals surface area contributed by atoms with Crippen LogP contribution in [0.15, 0.2) is 48.5 Å². The lowest BCUT2D eigenvalue weighted by Crippen LogP contribution is -2.46. The van der Waals surface area contributed by atoms with Crippen LogP contribution in [0.1, 0.15) is 36.0 Å². The van der Waals surface area contributed by atoms with Crippen molar-refractivity contribution in [2.24, 2.45) is 0 Å². The average molecular weight is 408 g/mol. The monoisotopic (exact) mass is 407 g/mol. The van der Waals surface area contributed by atoms with Crippen molar-refractivity contribution in [1.82, 2.24) is 4.90 Å². The lowest BCUT2D eigenvalue weighted by molar-refractivity contribution is -0.116. The predicted molar refractivity (Wildman–Crippen MR) is 118 cm³/mol. The lowest BCUT2D eigenvalue weighted by Gasteiger charge is -2.36. The summed E-state index contributed by atoms with van der Waals surface area (Å²) >= 11 is 0. The van der Waals surface area contributed by atoms with Gasteiger partial charge in [-0.1, -0.05) is 18.2 Å². The highest BCUT2D eigenvalue weighted by molar-refractivity contribution is 5.99. The zero-order valence-electron chi connectivity index (χ0n) is 17.3. The highest BCUT2D eigenvalue weighted by Crippen LogP contribution is 2.28. The van der Waals surface area contributed by atoms with Crippen LogP contribution in [0.3, 0.4) is 0 Å². The summed E-state index contributed by atoms with van der Waals surface area (Å²) in [7, 11) is 0. The van der Waals surface area contributed by atoms with Crippen LogP contribution in [0.5, 0.6) is 5.75 Å². The molecule has 2 heterocycles. The number of para-hydroxylation sites is 1. The first kappa shape index (κ1) is 20.4. The molecular weight excluding hydrogens is 378 g/mol. The maximum absolute atomic E-state index is 12.6. The lowest BCUT2D eigenvalue weighted by atomic mass is 10.0. The molecule has 0 saturated carbocycles. The molecule has 2 aromatic carbocycles. The fraction of sp³-hybridized carbons (Fsp3) is 0.417. The second kappa shape index (κ2) is 9.76. The molecule has 1 amide bonds.